The number of amides is 1. The zero-order valence-corrected chi connectivity index (χ0v) is 16.1. The highest BCUT2D eigenvalue weighted by Gasteiger charge is 2.25. The molecule has 1 fully saturated rings. The second kappa shape index (κ2) is 8.03. The van der Waals surface area contributed by atoms with Gasteiger partial charge in [-0.2, -0.15) is 0 Å². The van der Waals surface area contributed by atoms with Crippen molar-refractivity contribution < 1.29 is 13.9 Å². The smallest absolute Gasteiger partial charge is 0.316 e. The van der Waals surface area contributed by atoms with Gasteiger partial charge in [-0.3, -0.25) is 4.79 Å². The Balaban J connectivity index is 1.57. The Kier molecular flexibility index (Phi) is 5.73. The number of hydrogen-bond acceptors (Lipinski definition) is 4. The van der Waals surface area contributed by atoms with Gasteiger partial charge in [0.15, 0.2) is 5.82 Å². The van der Waals surface area contributed by atoms with E-state index in [-0.39, 0.29) is 23.4 Å². The Hall–Kier alpha value is -2.50. The molecule has 1 unspecified atom stereocenters. The van der Waals surface area contributed by atoms with E-state index in [0.29, 0.717) is 13.0 Å². The maximum absolute atomic E-state index is 12.9. The summed E-state index contributed by atoms with van der Waals surface area (Å²) in [6, 6.07) is 8.40. The summed E-state index contributed by atoms with van der Waals surface area (Å²) in [5, 5.41) is 0. The molecule has 0 radical (unpaired) electrons. The van der Waals surface area contributed by atoms with E-state index in [9.17, 15) is 9.18 Å². The van der Waals surface area contributed by atoms with E-state index in [0.717, 1.165) is 37.3 Å². The van der Waals surface area contributed by atoms with Crippen LogP contribution in [0.3, 0.4) is 0 Å². The highest BCUT2D eigenvalue weighted by molar-refractivity contribution is 5.79. The van der Waals surface area contributed by atoms with Crippen molar-refractivity contribution in [2.45, 2.75) is 51.6 Å². The zero-order valence-electron chi connectivity index (χ0n) is 16.1. The molecule has 0 spiro atoms. The normalized spacial score (nSPS) is 17.6. The van der Waals surface area contributed by atoms with Crippen LogP contribution in [-0.2, 0) is 16.6 Å². The van der Waals surface area contributed by atoms with Gasteiger partial charge in [-0.1, -0.05) is 45.0 Å². The first-order valence-corrected chi connectivity index (χ1v) is 9.32. The highest BCUT2D eigenvalue weighted by Crippen LogP contribution is 2.23. The Labute approximate surface area is 159 Å². The van der Waals surface area contributed by atoms with Crippen molar-refractivity contribution in [1.29, 1.82) is 0 Å². The molecule has 1 saturated heterocycles. The first-order valence-electron chi connectivity index (χ1n) is 9.32. The van der Waals surface area contributed by atoms with Crippen molar-refractivity contribution in [2.24, 2.45) is 0 Å². The van der Waals surface area contributed by atoms with E-state index in [4.69, 9.17) is 4.74 Å². The van der Waals surface area contributed by atoms with Crippen molar-refractivity contribution in [3.05, 3.63) is 53.6 Å². The van der Waals surface area contributed by atoms with Crippen molar-refractivity contribution in [1.82, 2.24) is 14.9 Å². The van der Waals surface area contributed by atoms with Crippen molar-refractivity contribution in [3.63, 3.8) is 0 Å². The number of likely N-dealkylation sites (tertiary alicyclic amines) is 1. The van der Waals surface area contributed by atoms with Crippen LogP contribution in [0.2, 0.25) is 0 Å². The quantitative estimate of drug-likeness (QED) is 0.825. The van der Waals surface area contributed by atoms with Crippen molar-refractivity contribution in [2.75, 3.05) is 13.1 Å². The highest BCUT2D eigenvalue weighted by atomic mass is 19.1. The first kappa shape index (κ1) is 19.3. The van der Waals surface area contributed by atoms with Gasteiger partial charge in [0.1, 0.15) is 6.10 Å². The second-order valence-corrected chi connectivity index (χ2v) is 8.03. The molecule has 0 N–H and O–H groups in total. The molecular weight excluding hydrogens is 345 g/mol. The lowest BCUT2D eigenvalue weighted by atomic mass is 9.86. The van der Waals surface area contributed by atoms with Gasteiger partial charge in [-0.15, -0.1) is 0 Å². The molecule has 5 nitrogen and oxygen atoms in total. The topological polar surface area (TPSA) is 55.3 Å². The van der Waals surface area contributed by atoms with E-state index in [1.54, 1.807) is 0 Å². The van der Waals surface area contributed by atoms with Crippen LogP contribution in [-0.4, -0.2) is 40.0 Å². The predicted molar refractivity (Wildman–Crippen MR) is 101 cm³/mol. The molecule has 144 valence electrons. The number of nitrogens with zero attached hydrogens (tertiary/aromatic N) is 3. The summed E-state index contributed by atoms with van der Waals surface area (Å²) < 4.78 is 18.6. The van der Waals surface area contributed by atoms with Gasteiger partial charge in [-0.25, -0.2) is 14.4 Å². The fourth-order valence-electron chi connectivity index (χ4n) is 3.18. The summed E-state index contributed by atoms with van der Waals surface area (Å²) in [6.07, 6.45) is 4.05. The minimum Gasteiger partial charge on any atom is -0.458 e. The maximum Gasteiger partial charge on any atom is 0.316 e. The molecule has 1 atom stereocenters. The van der Waals surface area contributed by atoms with E-state index in [1.165, 1.54) is 5.56 Å². The van der Waals surface area contributed by atoms with Gasteiger partial charge in [0.25, 0.3) is 0 Å². The Morgan fingerprint density at radius 1 is 1.22 bits per heavy atom. The molecule has 27 heavy (non-hydrogen) atoms. The fraction of sp³-hybridized carbons (Fsp3) is 0.476. The zero-order chi connectivity index (χ0) is 19.4. The summed E-state index contributed by atoms with van der Waals surface area (Å²) >= 11 is 0. The van der Waals surface area contributed by atoms with Crippen LogP contribution in [0, 0.1) is 5.82 Å². The number of carbonyl (C=O) groups excluding carboxylic acids is 1. The Morgan fingerprint density at radius 2 is 1.89 bits per heavy atom. The van der Waals surface area contributed by atoms with Gasteiger partial charge in [0.05, 0.1) is 25.4 Å². The molecule has 2 aromatic rings. The van der Waals surface area contributed by atoms with Crippen LogP contribution in [0.5, 0.6) is 6.01 Å². The molecule has 1 amide bonds. The van der Waals surface area contributed by atoms with Gasteiger partial charge in [-0.05, 0) is 29.4 Å². The molecule has 1 aromatic heterocycles. The van der Waals surface area contributed by atoms with Crippen LogP contribution in [0.15, 0.2) is 36.7 Å². The first-order chi connectivity index (χ1) is 12.8. The van der Waals surface area contributed by atoms with Gasteiger partial charge < -0.3 is 9.64 Å². The van der Waals surface area contributed by atoms with E-state index < -0.39 is 5.82 Å². The third kappa shape index (κ3) is 5.25. The monoisotopic (exact) mass is 371 g/mol. The lowest BCUT2D eigenvalue weighted by Crippen LogP contribution is -2.45. The van der Waals surface area contributed by atoms with Crippen LogP contribution in [0.25, 0.3) is 0 Å². The predicted octanol–water partition coefficient (Wildman–Crippen LogP) is 3.53. The average molecular weight is 371 g/mol. The molecule has 3 rings (SSSR count). The minimum atomic E-state index is -0.500. The third-order valence-electron chi connectivity index (χ3n) is 4.77. The Morgan fingerprint density at radius 3 is 2.52 bits per heavy atom. The van der Waals surface area contributed by atoms with Crippen LogP contribution >= 0.6 is 0 Å². The SMILES string of the molecule is CC(C)(C)c1ccc(CC(=O)N2CCCC(Oc3ncc(F)cn3)C2)cc1. The lowest BCUT2D eigenvalue weighted by molar-refractivity contribution is -0.133. The second-order valence-electron chi connectivity index (χ2n) is 8.03. The van der Waals surface area contributed by atoms with Crippen LogP contribution < -0.4 is 4.74 Å². The largest absolute Gasteiger partial charge is 0.458 e. The van der Waals surface area contributed by atoms with Crippen LogP contribution in [0.4, 0.5) is 4.39 Å². The molecular formula is C21H26FN3O2. The number of benzene rings is 1. The number of carbonyl (C=O) groups is 1. The molecule has 0 bridgehead atoms. The number of ether oxygens (including phenoxy) is 1. The third-order valence-corrected chi connectivity index (χ3v) is 4.77. The van der Waals surface area contributed by atoms with E-state index >= 15 is 0 Å². The number of rotatable bonds is 4. The van der Waals surface area contributed by atoms with Crippen LogP contribution in [0.1, 0.15) is 44.7 Å². The number of aromatic nitrogens is 2. The summed E-state index contributed by atoms with van der Waals surface area (Å²) in [6.45, 7) is 7.74. The molecule has 0 aliphatic carbocycles. The summed E-state index contributed by atoms with van der Waals surface area (Å²) in [5.41, 5.74) is 2.37. The number of hydrogen-bond donors (Lipinski definition) is 0. The molecule has 2 heterocycles. The number of piperidine rings is 1. The molecule has 1 aliphatic heterocycles. The molecule has 0 saturated carbocycles. The summed E-state index contributed by atoms with van der Waals surface area (Å²) in [4.78, 5) is 22.2. The van der Waals surface area contributed by atoms with Crippen molar-refractivity contribution in [3.8, 4) is 6.01 Å². The minimum absolute atomic E-state index is 0.0897. The van der Waals surface area contributed by atoms with Crippen molar-refractivity contribution >= 4 is 5.91 Å². The fourth-order valence-corrected chi connectivity index (χ4v) is 3.18. The number of halogens is 1. The Bertz CT molecular complexity index is 770. The standard InChI is InChI=1S/C21H26FN3O2/c1-21(2,3)16-8-6-15(7-9-16)11-19(26)25-10-4-5-18(14-25)27-20-23-12-17(22)13-24-20/h6-9,12-13,18H,4-5,10-11,14H2,1-3H3. The summed E-state index contributed by atoms with van der Waals surface area (Å²) in [7, 11) is 0. The van der Waals surface area contributed by atoms with Gasteiger partial charge in [0.2, 0.25) is 5.91 Å². The molecule has 1 aliphatic rings. The summed E-state index contributed by atoms with van der Waals surface area (Å²) in [5.74, 6) is -0.410. The van der Waals surface area contributed by atoms with Gasteiger partial charge in [0, 0.05) is 6.54 Å². The van der Waals surface area contributed by atoms with E-state index in [2.05, 4.69) is 42.9 Å². The van der Waals surface area contributed by atoms with E-state index in [1.807, 2.05) is 17.0 Å². The lowest BCUT2D eigenvalue weighted by Gasteiger charge is -2.32. The molecule has 1 aromatic carbocycles. The van der Waals surface area contributed by atoms with Gasteiger partial charge >= 0.3 is 6.01 Å². The molecule has 6 heteroatoms. The maximum atomic E-state index is 12.9. The average Bonchev–Trinajstić information content (AvgIpc) is 2.63.